The molecule has 1 atom stereocenters. The van der Waals surface area contributed by atoms with Crippen LogP contribution in [0.2, 0.25) is 5.02 Å². The van der Waals surface area contributed by atoms with E-state index in [1.807, 2.05) is 18.2 Å². The van der Waals surface area contributed by atoms with E-state index < -0.39 is 29.1 Å². The van der Waals surface area contributed by atoms with Crippen molar-refractivity contribution in [3.05, 3.63) is 93.0 Å². The van der Waals surface area contributed by atoms with Gasteiger partial charge in [-0.3, -0.25) is 24.7 Å². The van der Waals surface area contributed by atoms with E-state index in [0.717, 1.165) is 49.0 Å². The van der Waals surface area contributed by atoms with Crippen LogP contribution in [0.25, 0.3) is 11.0 Å². The Morgan fingerprint density at radius 2 is 1.79 bits per heavy atom. The summed E-state index contributed by atoms with van der Waals surface area (Å²) in [4.78, 5) is 27.1. The van der Waals surface area contributed by atoms with E-state index in [0.29, 0.717) is 23.0 Å². The molecular weight excluding hydrogens is 589 g/mol. The van der Waals surface area contributed by atoms with Gasteiger partial charge in [-0.1, -0.05) is 17.7 Å². The Morgan fingerprint density at radius 1 is 1.07 bits per heavy atom. The summed E-state index contributed by atoms with van der Waals surface area (Å²) in [5.74, 6) is -0.956. The zero-order valence-electron chi connectivity index (χ0n) is 23.1. The van der Waals surface area contributed by atoms with Gasteiger partial charge in [-0.25, -0.2) is 0 Å². The molecule has 0 spiro atoms. The number of nitrogens with one attached hydrogen (secondary N) is 1. The first-order valence-electron chi connectivity index (χ1n) is 13.8. The Kier molecular flexibility index (Phi) is 9.38. The molecule has 0 bridgehead atoms. The number of piperazine rings is 1. The summed E-state index contributed by atoms with van der Waals surface area (Å²) in [6.45, 7) is 3.91. The lowest BCUT2D eigenvalue weighted by Crippen LogP contribution is -2.47. The first-order chi connectivity index (χ1) is 20.5. The van der Waals surface area contributed by atoms with E-state index in [2.05, 4.69) is 15.1 Å². The van der Waals surface area contributed by atoms with Crippen molar-refractivity contribution < 1.29 is 32.0 Å². The van der Waals surface area contributed by atoms with Gasteiger partial charge in [0.05, 0.1) is 18.0 Å². The lowest BCUT2D eigenvalue weighted by molar-refractivity contribution is -0.442. The van der Waals surface area contributed by atoms with Crippen molar-refractivity contribution in [2.75, 3.05) is 44.6 Å². The number of hydrogen-bond acceptors (Lipinski definition) is 8. The van der Waals surface area contributed by atoms with Crippen LogP contribution in [0.1, 0.15) is 18.6 Å². The Balaban J connectivity index is 1.04. The third-order valence-electron chi connectivity index (χ3n) is 7.41. The van der Waals surface area contributed by atoms with Crippen molar-refractivity contribution >= 4 is 34.0 Å². The van der Waals surface area contributed by atoms with Gasteiger partial charge in [0.1, 0.15) is 23.7 Å². The van der Waals surface area contributed by atoms with Gasteiger partial charge in [0.25, 0.3) is 5.70 Å². The number of fused-ring (bicyclic) bond motifs is 1. The Hall–Kier alpha value is -3.87. The standard InChI is InChI=1S/C30H30ClF3N4O5/c31-21-4-9-29-20(14-21)15-26(43-29)18-37-12-10-36(11-13-37)17-24(39)19-42-25-7-5-22(6-8-25)35-23-2-1-3-28(38(40)41)27(16-23)30(32,33)34/h2-9,14-15,27,35H,1,10-13,16-19H2. The number of Topliss-reactive ketones (excluding diaryl/α,β-unsaturated/α-hetero) is 1. The fraction of sp³-hybridized carbons (Fsp3) is 0.367. The minimum Gasteiger partial charge on any atom is -0.486 e. The van der Waals surface area contributed by atoms with Crippen LogP contribution in [0, 0.1) is 16.0 Å². The predicted molar refractivity (Wildman–Crippen MR) is 155 cm³/mol. The molecule has 0 radical (unpaired) electrons. The molecular formula is C30H30ClF3N4O5. The minimum atomic E-state index is -4.74. The molecule has 13 heteroatoms. The van der Waals surface area contributed by atoms with Gasteiger partial charge in [0.2, 0.25) is 0 Å². The molecule has 1 aromatic heterocycles. The molecule has 2 aliphatic rings. The summed E-state index contributed by atoms with van der Waals surface area (Å²) >= 11 is 6.06. The van der Waals surface area contributed by atoms with Crippen LogP contribution in [-0.2, 0) is 11.3 Å². The number of anilines is 1. The molecule has 0 amide bonds. The molecule has 2 heterocycles. The molecule has 1 aliphatic carbocycles. The van der Waals surface area contributed by atoms with E-state index >= 15 is 0 Å². The van der Waals surface area contributed by atoms with E-state index in [1.54, 1.807) is 30.3 Å². The number of carbonyl (C=O) groups is 1. The molecule has 2 aromatic carbocycles. The monoisotopic (exact) mass is 618 g/mol. The van der Waals surface area contributed by atoms with Crippen LogP contribution in [0.3, 0.4) is 0 Å². The van der Waals surface area contributed by atoms with Crippen LogP contribution >= 0.6 is 11.6 Å². The van der Waals surface area contributed by atoms with Crippen molar-refractivity contribution in [2.45, 2.75) is 25.6 Å². The average molecular weight is 619 g/mol. The highest BCUT2D eigenvalue weighted by atomic mass is 35.5. The van der Waals surface area contributed by atoms with Crippen LogP contribution in [-0.4, -0.2) is 66.0 Å². The quantitative estimate of drug-likeness (QED) is 0.209. The Morgan fingerprint density at radius 3 is 2.49 bits per heavy atom. The largest absolute Gasteiger partial charge is 0.486 e. The van der Waals surface area contributed by atoms with Gasteiger partial charge in [-0.15, -0.1) is 0 Å². The minimum absolute atomic E-state index is 0.0145. The van der Waals surface area contributed by atoms with Gasteiger partial charge < -0.3 is 14.5 Å². The SMILES string of the molecule is O=C(COc1ccc(NC2=CCC=C([N+](=O)[O-])C(C(F)(F)F)C2)cc1)CN1CCN(Cc2cc3cc(Cl)ccc3o2)CC1. The summed E-state index contributed by atoms with van der Waals surface area (Å²) in [7, 11) is 0. The summed E-state index contributed by atoms with van der Waals surface area (Å²) in [6, 6.07) is 14.0. The molecule has 3 aromatic rings. The van der Waals surface area contributed by atoms with Crippen LogP contribution in [0.5, 0.6) is 5.75 Å². The Labute approximate surface area is 250 Å². The highest BCUT2D eigenvalue weighted by molar-refractivity contribution is 6.31. The zero-order valence-corrected chi connectivity index (χ0v) is 23.9. The molecule has 0 saturated carbocycles. The van der Waals surface area contributed by atoms with Crippen LogP contribution in [0.15, 0.2) is 76.5 Å². The lowest BCUT2D eigenvalue weighted by atomic mass is 10.00. The van der Waals surface area contributed by atoms with Crippen molar-refractivity contribution in [1.82, 2.24) is 9.80 Å². The van der Waals surface area contributed by atoms with E-state index in [4.69, 9.17) is 20.8 Å². The van der Waals surface area contributed by atoms with Crippen LogP contribution < -0.4 is 10.1 Å². The summed E-state index contributed by atoms with van der Waals surface area (Å²) in [6.07, 6.45) is -2.78. The zero-order chi connectivity index (χ0) is 30.6. The van der Waals surface area contributed by atoms with E-state index in [1.165, 1.54) is 6.08 Å². The maximum absolute atomic E-state index is 13.5. The van der Waals surface area contributed by atoms with Crippen molar-refractivity contribution in [1.29, 1.82) is 0 Å². The van der Waals surface area contributed by atoms with E-state index in [9.17, 15) is 28.1 Å². The Bertz CT molecular complexity index is 1530. The topological polar surface area (TPSA) is 101 Å². The average Bonchev–Trinajstić information content (AvgIpc) is 3.21. The van der Waals surface area contributed by atoms with Crippen LogP contribution in [0.4, 0.5) is 18.9 Å². The summed E-state index contributed by atoms with van der Waals surface area (Å²) in [5.41, 5.74) is 0.697. The van der Waals surface area contributed by atoms with Gasteiger partial charge >= 0.3 is 6.18 Å². The second-order valence-electron chi connectivity index (χ2n) is 10.6. The number of ether oxygens (including phenoxy) is 1. The summed E-state index contributed by atoms with van der Waals surface area (Å²) in [5, 5.41) is 15.7. The number of alkyl halides is 3. The fourth-order valence-corrected chi connectivity index (χ4v) is 5.39. The number of benzene rings is 2. The van der Waals surface area contributed by atoms with Crippen molar-refractivity contribution in [2.24, 2.45) is 5.92 Å². The highest BCUT2D eigenvalue weighted by Gasteiger charge is 2.48. The lowest BCUT2D eigenvalue weighted by Gasteiger charge is -2.33. The second kappa shape index (κ2) is 13.2. The molecule has 1 fully saturated rings. The normalized spacial score (nSPS) is 18.6. The van der Waals surface area contributed by atoms with Gasteiger partial charge in [0.15, 0.2) is 11.7 Å². The molecule has 1 saturated heterocycles. The maximum atomic E-state index is 13.5. The van der Waals surface area contributed by atoms with Gasteiger partial charge in [-0.2, -0.15) is 13.2 Å². The second-order valence-corrected chi connectivity index (χ2v) is 11.0. The number of carbonyl (C=O) groups excluding carboxylic acids is 1. The maximum Gasteiger partial charge on any atom is 0.402 e. The smallest absolute Gasteiger partial charge is 0.402 e. The molecule has 1 N–H and O–H groups in total. The highest BCUT2D eigenvalue weighted by Crippen LogP contribution is 2.38. The third-order valence-corrected chi connectivity index (χ3v) is 7.65. The molecule has 1 unspecified atom stereocenters. The number of furan rings is 1. The van der Waals surface area contributed by atoms with Crippen molar-refractivity contribution in [3.63, 3.8) is 0 Å². The van der Waals surface area contributed by atoms with Crippen molar-refractivity contribution in [3.8, 4) is 5.75 Å². The summed E-state index contributed by atoms with van der Waals surface area (Å²) < 4.78 is 52.0. The number of halogens is 4. The number of hydrogen-bond donors (Lipinski definition) is 1. The first-order valence-corrected chi connectivity index (χ1v) is 14.2. The number of rotatable bonds is 10. The number of allylic oxidation sites excluding steroid dienone is 4. The fourth-order valence-electron chi connectivity index (χ4n) is 5.21. The third kappa shape index (κ3) is 8.15. The molecule has 228 valence electrons. The number of ketones is 1. The number of nitrogens with zero attached hydrogens (tertiary/aromatic N) is 3. The molecule has 9 nitrogen and oxygen atoms in total. The predicted octanol–water partition coefficient (Wildman–Crippen LogP) is 6.28. The molecule has 1 aliphatic heterocycles. The molecule has 5 rings (SSSR count). The number of nitro groups is 1. The van der Waals surface area contributed by atoms with Gasteiger partial charge in [0, 0.05) is 54.4 Å². The first kappa shape index (κ1) is 30.6. The van der Waals surface area contributed by atoms with Gasteiger partial charge in [-0.05, 0) is 61.0 Å². The molecule has 43 heavy (non-hydrogen) atoms. The van der Waals surface area contributed by atoms with E-state index in [-0.39, 0.29) is 31.1 Å².